The minimum Gasteiger partial charge on any atom is -0.467 e. The fraction of sp³-hybridized carbons (Fsp3) is 0.455. The van der Waals surface area contributed by atoms with E-state index in [1.807, 2.05) is 25.1 Å². The van der Waals surface area contributed by atoms with E-state index in [1.54, 1.807) is 16.0 Å². The van der Waals surface area contributed by atoms with Crippen molar-refractivity contribution in [1.29, 1.82) is 0 Å². The summed E-state index contributed by atoms with van der Waals surface area (Å²) in [6.07, 6.45) is 4.41. The number of aromatic amines is 1. The highest BCUT2D eigenvalue weighted by atomic mass is 127. The molecule has 31 heavy (non-hydrogen) atoms. The van der Waals surface area contributed by atoms with E-state index >= 15 is 0 Å². The first-order chi connectivity index (χ1) is 14.9. The molecular formula is C22H25IN4O4. The second kappa shape index (κ2) is 8.97. The summed E-state index contributed by atoms with van der Waals surface area (Å²) in [5.74, 6) is 0.0362. The number of carbonyl (C=O) groups is 3. The monoisotopic (exact) mass is 536 g/mol. The van der Waals surface area contributed by atoms with Crippen molar-refractivity contribution in [3.05, 3.63) is 39.4 Å². The van der Waals surface area contributed by atoms with E-state index in [1.165, 1.54) is 7.11 Å². The van der Waals surface area contributed by atoms with Gasteiger partial charge >= 0.3 is 5.97 Å². The van der Waals surface area contributed by atoms with Crippen LogP contribution in [0.1, 0.15) is 41.9 Å². The molecule has 0 unspecified atom stereocenters. The molecule has 2 atom stereocenters. The maximum Gasteiger partial charge on any atom is 0.328 e. The molecule has 2 aromatic rings. The van der Waals surface area contributed by atoms with Gasteiger partial charge in [-0.25, -0.2) is 9.78 Å². The van der Waals surface area contributed by atoms with Gasteiger partial charge in [0, 0.05) is 27.8 Å². The number of H-pyrrole nitrogens is 1. The SMILES string of the molecule is COC(=O)[C@@H]1CCCN1C(=O)[C@@H]1CCCN1C(=O)c1cc(I)ccc1-c1cnc(C)[nH]1. The Balaban J connectivity index is 1.62. The van der Waals surface area contributed by atoms with Crippen LogP contribution in [0.4, 0.5) is 0 Å². The Morgan fingerprint density at radius 3 is 2.52 bits per heavy atom. The first kappa shape index (κ1) is 21.8. The van der Waals surface area contributed by atoms with Crippen molar-refractivity contribution >= 4 is 40.4 Å². The third-order valence-electron chi connectivity index (χ3n) is 6.01. The minimum absolute atomic E-state index is 0.164. The van der Waals surface area contributed by atoms with Gasteiger partial charge in [0.15, 0.2) is 0 Å². The van der Waals surface area contributed by atoms with Crippen molar-refractivity contribution in [2.75, 3.05) is 20.2 Å². The molecule has 2 aliphatic rings. The minimum atomic E-state index is -0.563. The van der Waals surface area contributed by atoms with Crippen molar-refractivity contribution in [3.8, 4) is 11.3 Å². The van der Waals surface area contributed by atoms with Crippen LogP contribution in [0.3, 0.4) is 0 Å². The van der Waals surface area contributed by atoms with Crippen LogP contribution >= 0.6 is 22.6 Å². The molecule has 1 N–H and O–H groups in total. The zero-order valence-corrected chi connectivity index (χ0v) is 19.7. The number of likely N-dealkylation sites (tertiary alicyclic amines) is 2. The van der Waals surface area contributed by atoms with Crippen molar-refractivity contribution in [2.24, 2.45) is 0 Å². The fourth-order valence-corrected chi connectivity index (χ4v) is 5.00. The van der Waals surface area contributed by atoms with Gasteiger partial charge in [0.25, 0.3) is 5.91 Å². The Kier molecular flexibility index (Phi) is 6.31. The zero-order valence-electron chi connectivity index (χ0n) is 17.6. The summed E-state index contributed by atoms with van der Waals surface area (Å²) in [4.78, 5) is 49.8. The highest BCUT2D eigenvalue weighted by molar-refractivity contribution is 14.1. The van der Waals surface area contributed by atoms with Gasteiger partial charge in [-0.15, -0.1) is 0 Å². The highest BCUT2D eigenvalue weighted by Crippen LogP contribution is 2.30. The summed E-state index contributed by atoms with van der Waals surface area (Å²) in [6, 6.07) is 4.58. The second-order valence-corrected chi connectivity index (χ2v) is 9.19. The fourth-order valence-electron chi connectivity index (χ4n) is 4.51. The van der Waals surface area contributed by atoms with E-state index in [4.69, 9.17) is 4.74 Å². The van der Waals surface area contributed by atoms with Crippen LogP contribution in [0.25, 0.3) is 11.3 Å². The number of esters is 1. The highest BCUT2D eigenvalue weighted by Gasteiger charge is 2.43. The van der Waals surface area contributed by atoms with Crippen LogP contribution in [-0.2, 0) is 14.3 Å². The van der Waals surface area contributed by atoms with Crippen molar-refractivity contribution in [2.45, 2.75) is 44.7 Å². The van der Waals surface area contributed by atoms with Crippen LogP contribution in [0.15, 0.2) is 24.4 Å². The summed E-state index contributed by atoms with van der Waals surface area (Å²) in [5, 5.41) is 0. The first-order valence-corrected chi connectivity index (χ1v) is 11.5. The number of rotatable bonds is 4. The summed E-state index contributed by atoms with van der Waals surface area (Å²) >= 11 is 2.18. The Morgan fingerprint density at radius 2 is 1.84 bits per heavy atom. The standard InChI is InChI=1S/C22H25IN4O4/c1-13-24-12-17(25-13)15-8-7-14(23)11-16(15)20(28)26-9-3-5-18(26)21(29)27-10-4-6-19(27)22(30)31-2/h7-8,11-12,18-19H,3-6,9-10H2,1-2H3,(H,24,25)/t18-,19-/m0/s1. The summed E-state index contributed by atoms with van der Waals surface area (Å²) in [5.41, 5.74) is 2.07. The van der Waals surface area contributed by atoms with Crippen LogP contribution in [0.5, 0.6) is 0 Å². The van der Waals surface area contributed by atoms with E-state index in [-0.39, 0.29) is 11.8 Å². The normalized spacial score (nSPS) is 20.9. The molecule has 2 amide bonds. The molecule has 1 aromatic heterocycles. The molecular weight excluding hydrogens is 511 g/mol. The molecule has 0 saturated carbocycles. The summed E-state index contributed by atoms with van der Waals surface area (Å²) in [7, 11) is 1.34. The molecule has 0 spiro atoms. The lowest BCUT2D eigenvalue weighted by Crippen LogP contribution is -2.51. The van der Waals surface area contributed by atoms with E-state index in [0.29, 0.717) is 31.5 Å². The predicted octanol–water partition coefficient (Wildman–Crippen LogP) is 2.76. The van der Waals surface area contributed by atoms with E-state index in [2.05, 4.69) is 32.6 Å². The number of amides is 2. The second-order valence-electron chi connectivity index (χ2n) is 7.94. The maximum atomic E-state index is 13.6. The lowest BCUT2D eigenvalue weighted by atomic mass is 10.0. The van der Waals surface area contributed by atoms with Gasteiger partial charge < -0.3 is 19.5 Å². The topological polar surface area (TPSA) is 95.6 Å². The smallest absolute Gasteiger partial charge is 0.328 e. The third-order valence-corrected chi connectivity index (χ3v) is 6.68. The number of aryl methyl sites for hydroxylation is 1. The number of halogens is 1. The Morgan fingerprint density at radius 1 is 1.13 bits per heavy atom. The Hall–Kier alpha value is -2.43. The number of benzene rings is 1. The number of imidazole rings is 1. The van der Waals surface area contributed by atoms with Gasteiger partial charge in [-0.05, 0) is 67.3 Å². The molecule has 3 heterocycles. The first-order valence-electron chi connectivity index (χ1n) is 10.4. The van der Waals surface area contributed by atoms with Gasteiger partial charge in [-0.3, -0.25) is 9.59 Å². The maximum absolute atomic E-state index is 13.6. The Bertz CT molecular complexity index is 1020. The van der Waals surface area contributed by atoms with Crippen LogP contribution in [0.2, 0.25) is 0 Å². The predicted molar refractivity (Wildman–Crippen MR) is 122 cm³/mol. The van der Waals surface area contributed by atoms with Gasteiger partial charge in [-0.1, -0.05) is 6.07 Å². The molecule has 0 aliphatic carbocycles. The van der Waals surface area contributed by atoms with E-state index < -0.39 is 18.1 Å². The van der Waals surface area contributed by atoms with Crippen molar-refractivity contribution in [1.82, 2.24) is 19.8 Å². The largest absolute Gasteiger partial charge is 0.467 e. The molecule has 2 saturated heterocycles. The summed E-state index contributed by atoms with van der Waals surface area (Å²) in [6.45, 7) is 2.89. The molecule has 8 nitrogen and oxygen atoms in total. The molecule has 2 fully saturated rings. The molecule has 0 bridgehead atoms. The lowest BCUT2D eigenvalue weighted by molar-refractivity contribution is -0.152. The number of aromatic nitrogens is 2. The van der Waals surface area contributed by atoms with E-state index in [9.17, 15) is 14.4 Å². The average Bonchev–Trinajstić information content (AvgIpc) is 3.52. The third kappa shape index (κ3) is 4.19. The van der Waals surface area contributed by atoms with Crippen molar-refractivity contribution < 1.29 is 19.1 Å². The zero-order chi connectivity index (χ0) is 22.1. The van der Waals surface area contributed by atoms with Crippen LogP contribution < -0.4 is 0 Å². The number of hydrogen-bond donors (Lipinski definition) is 1. The molecule has 4 rings (SSSR count). The van der Waals surface area contributed by atoms with E-state index in [0.717, 1.165) is 33.5 Å². The number of hydrogen-bond acceptors (Lipinski definition) is 5. The Labute approximate surface area is 194 Å². The molecule has 1 aromatic carbocycles. The molecule has 2 aliphatic heterocycles. The van der Waals surface area contributed by atoms with Gasteiger partial charge in [-0.2, -0.15) is 0 Å². The average molecular weight is 536 g/mol. The number of ether oxygens (including phenoxy) is 1. The van der Waals surface area contributed by atoms with Gasteiger partial charge in [0.2, 0.25) is 5.91 Å². The van der Waals surface area contributed by atoms with Crippen LogP contribution in [0, 0.1) is 10.5 Å². The van der Waals surface area contributed by atoms with Crippen LogP contribution in [-0.4, -0.2) is 69.8 Å². The number of nitrogens with one attached hydrogen (secondary N) is 1. The quantitative estimate of drug-likeness (QED) is 0.479. The molecule has 164 valence electrons. The number of carbonyl (C=O) groups excluding carboxylic acids is 3. The molecule has 0 radical (unpaired) electrons. The number of nitrogens with zero attached hydrogens (tertiary/aromatic N) is 3. The van der Waals surface area contributed by atoms with Crippen molar-refractivity contribution in [3.63, 3.8) is 0 Å². The summed E-state index contributed by atoms with van der Waals surface area (Å²) < 4.78 is 5.82. The number of methoxy groups -OCH3 is 1. The van der Waals surface area contributed by atoms with Gasteiger partial charge in [0.05, 0.1) is 19.0 Å². The van der Waals surface area contributed by atoms with Gasteiger partial charge in [0.1, 0.15) is 17.9 Å². The molecule has 9 heteroatoms. The lowest BCUT2D eigenvalue weighted by Gasteiger charge is -2.30.